The number of hydrogen-bond donors (Lipinski definition) is 1. The first kappa shape index (κ1) is 21.0. The van der Waals surface area contributed by atoms with Crippen LogP contribution in [0.4, 0.5) is 5.69 Å². The smallest absolute Gasteiger partial charge is 0.338 e. The van der Waals surface area contributed by atoms with Crippen LogP contribution in [0.3, 0.4) is 0 Å². The van der Waals surface area contributed by atoms with Crippen molar-refractivity contribution in [3.63, 3.8) is 0 Å². The normalized spacial score (nSPS) is 16.0. The number of anilines is 1. The average molecular weight is 432 g/mol. The summed E-state index contributed by atoms with van der Waals surface area (Å²) < 4.78 is 10.4. The molecule has 1 unspecified atom stereocenters. The average Bonchev–Trinajstić information content (AvgIpc) is 3.41. The highest BCUT2D eigenvalue weighted by atomic mass is 16.5. The Kier molecular flexibility index (Phi) is 5.59. The molecule has 8 heteroatoms. The predicted octanol–water partition coefficient (Wildman–Crippen LogP) is 4.02. The van der Waals surface area contributed by atoms with Crippen LogP contribution in [0.2, 0.25) is 0 Å². The highest BCUT2D eigenvalue weighted by Crippen LogP contribution is 2.41. The maximum Gasteiger partial charge on any atom is 0.338 e. The van der Waals surface area contributed by atoms with Crippen molar-refractivity contribution in [2.75, 3.05) is 4.90 Å². The van der Waals surface area contributed by atoms with Gasteiger partial charge in [0.15, 0.2) is 11.5 Å². The third kappa shape index (κ3) is 3.78. The quantitative estimate of drug-likeness (QED) is 0.463. The van der Waals surface area contributed by atoms with Gasteiger partial charge in [0.05, 0.1) is 29.2 Å². The fraction of sp³-hybridized carbons (Fsp3) is 0.167. The fourth-order valence-electron chi connectivity index (χ4n) is 3.53. The van der Waals surface area contributed by atoms with Gasteiger partial charge in [0, 0.05) is 11.9 Å². The second kappa shape index (κ2) is 8.50. The van der Waals surface area contributed by atoms with E-state index in [4.69, 9.17) is 9.15 Å². The first-order valence-electron chi connectivity index (χ1n) is 9.95. The van der Waals surface area contributed by atoms with Crippen LogP contribution in [0.25, 0.3) is 0 Å². The van der Waals surface area contributed by atoms with Gasteiger partial charge in [-0.05, 0) is 56.3 Å². The van der Waals surface area contributed by atoms with Gasteiger partial charge < -0.3 is 14.3 Å². The number of hydrogen-bond acceptors (Lipinski definition) is 7. The molecule has 162 valence electrons. The van der Waals surface area contributed by atoms with Gasteiger partial charge >= 0.3 is 5.97 Å². The Morgan fingerprint density at radius 2 is 1.94 bits per heavy atom. The highest BCUT2D eigenvalue weighted by Gasteiger charge is 2.46. The number of furan rings is 1. The van der Waals surface area contributed by atoms with Crippen LogP contribution in [0.1, 0.15) is 46.5 Å². The summed E-state index contributed by atoms with van der Waals surface area (Å²) in [5.74, 6) is -2.68. The van der Waals surface area contributed by atoms with E-state index >= 15 is 0 Å². The zero-order valence-electron chi connectivity index (χ0n) is 17.4. The Labute approximate surface area is 183 Å². The van der Waals surface area contributed by atoms with Gasteiger partial charge in [0.1, 0.15) is 6.04 Å². The molecule has 1 aliphatic heterocycles. The lowest BCUT2D eigenvalue weighted by Crippen LogP contribution is -2.31. The number of ether oxygens (including phenoxy) is 1. The number of aliphatic hydroxyl groups is 1. The maximum atomic E-state index is 13.1. The number of ketones is 1. The Morgan fingerprint density at radius 1 is 1.12 bits per heavy atom. The topological polar surface area (TPSA) is 110 Å². The van der Waals surface area contributed by atoms with Gasteiger partial charge in [-0.1, -0.05) is 12.1 Å². The van der Waals surface area contributed by atoms with Crippen molar-refractivity contribution in [2.45, 2.75) is 26.0 Å². The van der Waals surface area contributed by atoms with Crippen molar-refractivity contribution < 1.29 is 28.6 Å². The molecule has 0 bridgehead atoms. The largest absolute Gasteiger partial charge is 0.503 e. The van der Waals surface area contributed by atoms with Gasteiger partial charge in [-0.2, -0.15) is 0 Å². The Balaban J connectivity index is 1.81. The third-order valence-corrected chi connectivity index (χ3v) is 4.87. The van der Waals surface area contributed by atoms with Crippen molar-refractivity contribution in [3.05, 3.63) is 95.4 Å². The summed E-state index contributed by atoms with van der Waals surface area (Å²) in [5, 5.41) is 10.7. The number of aliphatic hydroxyl groups excluding tert-OH is 1. The zero-order chi connectivity index (χ0) is 22.8. The number of amides is 1. The van der Waals surface area contributed by atoms with Crippen molar-refractivity contribution in [1.82, 2.24) is 4.98 Å². The molecule has 1 amide bonds. The molecule has 1 aromatic carbocycles. The summed E-state index contributed by atoms with van der Waals surface area (Å²) in [6.07, 6.45) is 2.54. The second-order valence-corrected chi connectivity index (χ2v) is 7.41. The number of nitrogens with zero attached hydrogens (tertiary/aromatic N) is 2. The lowest BCUT2D eigenvalue weighted by atomic mass is 9.98. The first-order valence-corrected chi connectivity index (χ1v) is 9.95. The molecule has 4 rings (SSSR count). The van der Waals surface area contributed by atoms with Crippen LogP contribution in [0, 0.1) is 0 Å². The summed E-state index contributed by atoms with van der Waals surface area (Å²) in [6, 6.07) is 13.3. The van der Waals surface area contributed by atoms with Crippen LogP contribution < -0.4 is 4.90 Å². The van der Waals surface area contributed by atoms with Crippen LogP contribution in [0.5, 0.6) is 0 Å². The van der Waals surface area contributed by atoms with Gasteiger partial charge in [-0.25, -0.2) is 4.79 Å². The van der Waals surface area contributed by atoms with Crippen LogP contribution >= 0.6 is 0 Å². The van der Waals surface area contributed by atoms with E-state index in [1.54, 1.807) is 56.3 Å². The van der Waals surface area contributed by atoms with E-state index in [1.165, 1.54) is 29.5 Å². The van der Waals surface area contributed by atoms with E-state index in [0.717, 1.165) is 0 Å². The molecule has 0 radical (unpaired) electrons. The van der Waals surface area contributed by atoms with Crippen molar-refractivity contribution in [1.29, 1.82) is 0 Å². The SMILES string of the molecule is CC(C)OC(=O)c1cccc(N2C(=O)C(O)=C(C(=O)c3ccco3)C2c2ccccn2)c1. The van der Waals surface area contributed by atoms with E-state index in [-0.39, 0.29) is 23.0 Å². The molecule has 1 atom stereocenters. The molecule has 0 saturated heterocycles. The van der Waals surface area contributed by atoms with E-state index in [2.05, 4.69) is 4.98 Å². The van der Waals surface area contributed by atoms with Gasteiger partial charge in [0.25, 0.3) is 5.91 Å². The number of carbonyl (C=O) groups excluding carboxylic acids is 3. The number of Topliss-reactive ketones (excluding diaryl/α,β-unsaturated/α-hetero) is 1. The van der Waals surface area contributed by atoms with E-state index < -0.39 is 29.5 Å². The minimum Gasteiger partial charge on any atom is -0.503 e. The molecule has 2 aromatic heterocycles. The molecule has 8 nitrogen and oxygen atoms in total. The van der Waals surface area contributed by atoms with E-state index in [9.17, 15) is 19.5 Å². The standard InChI is InChI=1S/C24H20N2O6/c1-14(2)32-24(30)15-7-5-8-16(13-15)26-20(17-9-3-4-11-25-17)19(22(28)23(26)29)21(27)18-10-6-12-31-18/h3-14,20,28H,1-2H3. The summed E-state index contributed by atoms with van der Waals surface area (Å²) in [6.45, 7) is 3.47. The number of pyridine rings is 1. The minimum atomic E-state index is -1.02. The molecule has 0 saturated carbocycles. The van der Waals surface area contributed by atoms with E-state index in [1.807, 2.05) is 0 Å². The summed E-state index contributed by atoms with van der Waals surface area (Å²) in [7, 11) is 0. The molecule has 1 aliphatic rings. The third-order valence-electron chi connectivity index (χ3n) is 4.87. The van der Waals surface area contributed by atoms with Crippen molar-refractivity contribution in [3.8, 4) is 0 Å². The summed E-state index contributed by atoms with van der Waals surface area (Å²) >= 11 is 0. The number of aromatic nitrogens is 1. The van der Waals surface area contributed by atoms with Crippen molar-refractivity contribution >= 4 is 23.3 Å². The predicted molar refractivity (Wildman–Crippen MR) is 114 cm³/mol. The zero-order valence-corrected chi connectivity index (χ0v) is 17.4. The number of esters is 1. The molecule has 0 spiro atoms. The Morgan fingerprint density at radius 3 is 2.59 bits per heavy atom. The fourth-order valence-corrected chi connectivity index (χ4v) is 3.53. The number of carbonyl (C=O) groups is 3. The first-order chi connectivity index (χ1) is 15.4. The Hall–Kier alpha value is -4.20. The molecule has 3 heterocycles. The lowest BCUT2D eigenvalue weighted by Gasteiger charge is -2.26. The minimum absolute atomic E-state index is 0.0172. The molecule has 32 heavy (non-hydrogen) atoms. The highest BCUT2D eigenvalue weighted by molar-refractivity contribution is 6.20. The van der Waals surface area contributed by atoms with Crippen LogP contribution in [0.15, 0.2) is 82.8 Å². The molecular weight excluding hydrogens is 412 g/mol. The molecule has 0 aliphatic carbocycles. The van der Waals surface area contributed by atoms with Gasteiger partial charge in [-0.15, -0.1) is 0 Å². The summed E-state index contributed by atoms with van der Waals surface area (Å²) in [5.41, 5.74) is 0.750. The van der Waals surface area contributed by atoms with Gasteiger partial charge in [-0.3, -0.25) is 19.5 Å². The monoisotopic (exact) mass is 432 g/mol. The van der Waals surface area contributed by atoms with Gasteiger partial charge in [0.2, 0.25) is 5.78 Å². The molecule has 1 N–H and O–H groups in total. The maximum absolute atomic E-state index is 13.1. The number of benzene rings is 1. The Bertz CT molecular complexity index is 1200. The van der Waals surface area contributed by atoms with Crippen LogP contribution in [-0.4, -0.2) is 33.9 Å². The second-order valence-electron chi connectivity index (χ2n) is 7.41. The molecular formula is C24H20N2O6. The van der Waals surface area contributed by atoms with E-state index in [0.29, 0.717) is 11.4 Å². The van der Waals surface area contributed by atoms with Crippen LogP contribution in [-0.2, 0) is 9.53 Å². The summed E-state index contributed by atoms with van der Waals surface area (Å²) in [4.78, 5) is 44.2. The molecule has 3 aromatic rings. The van der Waals surface area contributed by atoms with Crippen molar-refractivity contribution in [2.24, 2.45) is 0 Å². The lowest BCUT2D eigenvalue weighted by molar-refractivity contribution is -0.117. The molecule has 0 fully saturated rings. The number of rotatable bonds is 6.